The van der Waals surface area contributed by atoms with E-state index in [0.717, 1.165) is 20.9 Å². The van der Waals surface area contributed by atoms with Crippen molar-refractivity contribution in [1.29, 1.82) is 0 Å². The molecule has 0 fully saturated rings. The van der Waals surface area contributed by atoms with E-state index in [2.05, 4.69) is 25.6 Å². The first-order chi connectivity index (χ1) is 11.0. The number of rotatable bonds is 4. The summed E-state index contributed by atoms with van der Waals surface area (Å²) in [6.07, 6.45) is 1.69. The number of nitrogens with zero attached hydrogens (tertiary/aromatic N) is 1. The number of halogens is 2. The SMILES string of the molecule is O=S(=O)(NCc1cccc2cccnc12)c1ccc(Br)cc1Cl. The molecule has 0 bridgehead atoms. The van der Waals surface area contributed by atoms with Crippen LogP contribution in [0.1, 0.15) is 5.56 Å². The van der Waals surface area contributed by atoms with Gasteiger partial charge >= 0.3 is 0 Å². The number of fused-ring (bicyclic) bond motifs is 1. The molecule has 0 spiro atoms. The van der Waals surface area contributed by atoms with Gasteiger partial charge in [0.25, 0.3) is 0 Å². The van der Waals surface area contributed by atoms with Crippen molar-refractivity contribution in [2.75, 3.05) is 0 Å². The molecule has 0 amide bonds. The molecule has 0 aliphatic heterocycles. The Morgan fingerprint density at radius 2 is 1.91 bits per heavy atom. The quantitative estimate of drug-likeness (QED) is 0.702. The highest BCUT2D eigenvalue weighted by Gasteiger charge is 2.18. The van der Waals surface area contributed by atoms with Crippen LogP contribution in [-0.2, 0) is 16.6 Å². The number of benzene rings is 2. The first-order valence-electron chi connectivity index (χ1n) is 6.75. The summed E-state index contributed by atoms with van der Waals surface area (Å²) in [6, 6.07) is 14.1. The predicted molar refractivity (Wildman–Crippen MR) is 94.9 cm³/mol. The van der Waals surface area contributed by atoms with Gasteiger partial charge in [-0.3, -0.25) is 4.98 Å². The van der Waals surface area contributed by atoms with E-state index in [1.807, 2.05) is 30.3 Å². The Morgan fingerprint density at radius 3 is 2.70 bits per heavy atom. The van der Waals surface area contributed by atoms with E-state index in [0.29, 0.717) is 0 Å². The van der Waals surface area contributed by atoms with Crippen LogP contribution < -0.4 is 4.72 Å². The molecule has 2 aromatic carbocycles. The third kappa shape index (κ3) is 3.55. The highest BCUT2D eigenvalue weighted by molar-refractivity contribution is 9.10. The van der Waals surface area contributed by atoms with Gasteiger partial charge in [-0.2, -0.15) is 0 Å². The minimum absolute atomic E-state index is 0.0514. The van der Waals surface area contributed by atoms with Crippen LogP contribution in [-0.4, -0.2) is 13.4 Å². The zero-order chi connectivity index (χ0) is 16.4. The van der Waals surface area contributed by atoms with Crippen LogP contribution in [0.4, 0.5) is 0 Å². The summed E-state index contributed by atoms with van der Waals surface area (Å²) in [4.78, 5) is 4.37. The van der Waals surface area contributed by atoms with Crippen LogP contribution >= 0.6 is 27.5 Å². The van der Waals surface area contributed by atoms with Crippen molar-refractivity contribution in [2.24, 2.45) is 0 Å². The van der Waals surface area contributed by atoms with Gasteiger partial charge in [-0.1, -0.05) is 51.8 Å². The van der Waals surface area contributed by atoms with Crippen LogP contribution in [0, 0.1) is 0 Å². The molecule has 0 aliphatic carbocycles. The molecule has 118 valence electrons. The minimum atomic E-state index is -3.71. The number of nitrogens with one attached hydrogen (secondary N) is 1. The second kappa shape index (κ2) is 6.57. The van der Waals surface area contributed by atoms with Crippen molar-refractivity contribution in [1.82, 2.24) is 9.71 Å². The molecule has 0 radical (unpaired) electrons. The van der Waals surface area contributed by atoms with E-state index < -0.39 is 10.0 Å². The molecule has 1 aromatic heterocycles. The Kier molecular flexibility index (Phi) is 4.68. The van der Waals surface area contributed by atoms with E-state index in [1.54, 1.807) is 18.3 Å². The Labute approximate surface area is 147 Å². The fourth-order valence-electron chi connectivity index (χ4n) is 2.25. The maximum Gasteiger partial charge on any atom is 0.242 e. The molecule has 0 aliphatic rings. The molecule has 0 saturated heterocycles. The Balaban J connectivity index is 1.89. The number of aromatic nitrogens is 1. The first-order valence-corrected chi connectivity index (χ1v) is 9.40. The lowest BCUT2D eigenvalue weighted by molar-refractivity contribution is 0.581. The van der Waals surface area contributed by atoms with Gasteiger partial charge in [0.2, 0.25) is 10.0 Å². The fourth-order valence-corrected chi connectivity index (χ4v) is 4.30. The number of hydrogen-bond donors (Lipinski definition) is 1. The summed E-state index contributed by atoms with van der Waals surface area (Å²) in [6.45, 7) is 0.142. The average Bonchev–Trinajstić information content (AvgIpc) is 2.52. The largest absolute Gasteiger partial charge is 0.256 e. The topological polar surface area (TPSA) is 59.1 Å². The maximum atomic E-state index is 12.4. The van der Waals surface area contributed by atoms with Gasteiger partial charge in [0.1, 0.15) is 4.90 Å². The number of sulfonamides is 1. The summed E-state index contributed by atoms with van der Waals surface area (Å²) < 4.78 is 28.2. The summed E-state index contributed by atoms with van der Waals surface area (Å²) in [5, 5.41) is 1.13. The highest BCUT2D eigenvalue weighted by atomic mass is 79.9. The number of hydrogen-bond acceptors (Lipinski definition) is 3. The van der Waals surface area contributed by atoms with Crippen molar-refractivity contribution >= 4 is 48.5 Å². The molecule has 0 unspecified atom stereocenters. The van der Waals surface area contributed by atoms with Crippen molar-refractivity contribution in [2.45, 2.75) is 11.4 Å². The lowest BCUT2D eigenvalue weighted by atomic mass is 10.1. The average molecular weight is 412 g/mol. The minimum Gasteiger partial charge on any atom is -0.256 e. The van der Waals surface area contributed by atoms with Gasteiger partial charge in [-0.25, -0.2) is 13.1 Å². The van der Waals surface area contributed by atoms with Crippen LogP contribution in [0.15, 0.2) is 64.1 Å². The summed E-state index contributed by atoms with van der Waals surface area (Å²) in [5.74, 6) is 0. The summed E-state index contributed by atoms with van der Waals surface area (Å²) in [5.41, 5.74) is 1.58. The van der Waals surface area contributed by atoms with Gasteiger partial charge in [0.05, 0.1) is 10.5 Å². The second-order valence-corrected chi connectivity index (χ2v) is 7.95. The van der Waals surface area contributed by atoms with Crippen molar-refractivity contribution < 1.29 is 8.42 Å². The standard InChI is InChI=1S/C16H12BrClN2O2S/c17-13-6-7-15(14(18)9-13)23(21,22)20-10-12-4-1-3-11-5-2-8-19-16(11)12/h1-9,20H,10H2. The van der Waals surface area contributed by atoms with Crippen LogP contribution in [0.3, 0.4) is 0 Å². The van der Waals surface area contributed by atoms with E-state index in [9.17, 15) is 8.42 Å². The molecule has 4 nitrogen and oxygen atoms in total. The van der Waals surface area contributed by atoms with E-state index in [4.69, 9.17) is 11.6 Å². The van der Waals surface area contributed by atoms with Crippen LogP contribution in [0.2, 0.25) is 5.02 Å². The summed E-state index contributed by atoms with van der Waals surface area (Å²) >= 11 is 9.29. The van der Waals surface area contributed by atoms with Gasteiger partial charge in [0, 0.05) is 22.6 Å². The molecular weight excluding hydrogens is 400 g/mol. The van der Waals surface area contributed by atoms with Gasteiger partial charge in [-0.05, 0) is 29.8 Å². The lowest BCUT2D eigenvalue weighted by Crippen LogP contribution is -2.23. The van der Waals surface area contributed by atoms with Gasteiger partial charge in [0.15, 0.2) is 0 Å². The Hall–Kier alpha value is -1.47. The monoisotopic (exact) mass is 410 g/mol. The molecule has 3 rings (SSSR count). The molecule has 1 heterocycles. The molecule has 3 aromatic rings. The van der Waals surface area contributed by atoms with E-state index in [1.165, 1.54) is 6.07 Å². The predicted octanol–water partition coefficient (Wildman–Crippen LogP) is 4.13. The molecule has 23 heavy (non-hydrogen) atoms. The lowest BCUT2D eigenvalue weighted by Gasteiger charge is -2.10. The summed E-state index contributed by atoms with van der Waals surface area (Å²) in [7, 11) is -3.71. The Morgan fingerprint density at radius 1 is 1.13 bits per heavy atom. The number of para-hydroxylation sites is 1. The van der Waals surface area contributed by atoms with Gasteiger partial charge in [-0.15, -0.1) is 0 Å². The molecule has 0 atom stereocenters. The molecule has 0 saturated carbocycles. The maximum absolute atomic E-state index is 12.4. The van der Waals surface area contributed by atoms with Crippen LogP contribution in [0.25, 0.3) is 10.9 Å². The number of pyridine rings is 1. The van der Waals surface area contributed by atoms with Crippen molar-refractivity contribution in [3.05, 3.63) is 69.8 Å². The third-order valence-corrected chi connectivity index (χ3v) is 5.73. The third-order valence-electron chi connectivity index (χ3n) is 3.35. The zero-order valence-electron chi connectivity index (χ0n) is 11.8. The normalized spacial score (nSPS) is 11.7. The highest BCUT2D eigenvalue weighted by Crippen LogP contribution is 2.25. The second-order valence-electron chi connectivity index (χ2n) is 4.89. The molecule has 7 heteroatoms. The van der Waals surface area contributed by atoms with Crippen LogP contribution in [0.5, 0.6) is 0 Å². The Bertz CT molecular complexity index is 971. The van der Waals surface area contributed by atoms with Crippen molar-refractivity contribution in [3.8, 4) is 0 Å². The van der Waals surface area contributed by atoms with Gasteiger partial charge < -0.3 is 0 Å². The first kappa shape index (κ1) is 16.4. The van der Waals surface area contributed by atoms with Crippen molar-refractivity contribution in [3.63, 3.8) is 0 Å². The smallest absolute Gasteiger partial charge is 0.242 e. The molecular formula is C16H12BrClN2O2S. The fraction of sp³-hybridized carbons (Fsp3) is 0.0625. The van der Waals surface area contributed by atoms with E-state index >= 15 is 0 Å². The molecule has 1 N–H and O–H groups in total. The van der Waals surface area contributed by atoms with E-state index in [-0.39, 0.29) is 16.5 Å². The zero-order valence-corrected chi connectivity index (χ0v) is 15.0.